The molecule has 0 bridgehead atoms. The van der Waals surface area contributed by atoms with Crippen molar-refractivity contribution in [2.24, 2.45) is 0 Å². The van der Waals surface area contributed by atoms with Crippen LogP contribution in [0.3, 0.4) is 0 Å². The first-order valence-corrected chi connectivity index (χ1v) is 10.9. The largest absolute Gasteiger partial charge is 0.494 e. The minimum Gasteiger partial charge on any atom is -0.494 e. The fourth-order valence-electron chi connectivity index (χ4n) is 4.50. The molecule has 2 aliphatic rings. The lowest BCUT2D eigenvalue weighted by molar-refractivity contribution is -0.120. The number of aryl methyl sites for hydroxylation is 1. The molecule has 4 rings (SSSR count). The third kappa shape index (κ3) is 4.04. The van der Waals surface area contributed by atoms with Crippen LogP contribution in [0.25, 0.3) is 11.0 Å². The number of hydrogen-bond acceptors (Lipinski definition) is 5. The summed E-state index contributed by atoms with van der Waals surface area (Å²) in [7, 11) is 0. The summed E-state index contributed by atoms with van der Waals surface area (Å²) in [5.41, 5.74) is 1.46. The smallest absolute Gasteiger partial charge is 0.360 e. The van der Waals surface area contributed by atoms with E-state index in [4.69, 9.17) is 9.15 Å². The number of ether oxygens (including phenoxy) is 1. The summed E-state index contributed by atoms with van der Waals surface area (Å²) in [6, 6.07) is 5.96. The maximum Gasteiger partial charge on any atom is 0.360 e. The Morgan fingerprint density at radius 3 is 2.90 bits per heavy atom. The molecule has 0 aliphatic carbocycles. The zero-order chi connectivity index (χ0) is 20.4. The molecule has 1 aromatic heterocycles. The molecule has 6 nitrogen and oxygen atoms in total. The topological polar surface area (TPSA) is 63.0 Å². The molecule has 1 atom stereocenters. The first-order chi connectivity index (χ1) is 14.1. The van der Waals surface area contributed by atoms with Gasteiger partial charge in [-0.1, -0.05) is 13.3 Å². The average molecular weight is 399 g/mol. The van der Waals surface area contributed by atoms with Gasteiger partial charge in [-0.2, -0.15) is 0 Å². The number of amides is 1. The van der Waals surface area contributed by atoms with E-state index in [9.17, 15) is 9.59 Å². The fraction of sp³-hybridized carbons (Fsp3) is 0.565. The van der Waals surface area contributed by atoms with Crippen LogP contribution in [0, 0.1) is 0 Å². The van der Waals surface area contributed by atoms with Gasteiger partial charge in [0, 0.05) is 18.0 Å². The van der Waals surface area contributed by atoms with Gasteiger partial charge in [-0.05, 0) is 69.3 Å². The number of piperidine rings is 1. The summed E-state index contributed by atoms with van der Waals surface area (Å²) in [4.78, 5) is 29.8. The molecule has 0 spiro atoms. The van der Waals surface area contributed by atoms with Crippen molar-refractivity contribution in [1.82, 2.24) is 4.90 Å². The van der Waals surface area contributed by atoms with E-state index in [0.29, 0.717) is 37.0 Å². The molecule has 156 valence electrons. The summed E-state index contributed by atoms with van der Waals surface area (Å²) in [5, 5.41) is 0.872. The molecule has 1 amide bonds. The fourth-order valence-corrected chi connectivity index (χ4v) is 4.50. The van der Waals surface area contributed by atoms with Crippen molar-refractivity contribution in [1.29, 1.82) is 0 Å². The Labute approximate surface area is 171 Å². The number of fused-ring (bicyclic) bond motifs is 3. The number of benzene rings is 1. The van der Waals surface area contributed by atoms with Gasteiger partial charge in [0.1, 0.15) is 17.0 Å². The van der Waals surface area contributed by atoms with Gasteiger partial charge in [0.25, 0.3) is 0 Å². The number of carbonyl (C=O) groups is 1. The Balaban J connectivity index is 1.67. The average Bonchev–Trinajstić information content (AvgIpc) is 2.73. The Kier molecular flexibility index (Phi) is 5.90. The number of likely N-dealkylation sites (tertiary alicyclic amines) is 1. The zero-order valence-corrected chi connectivity index (χ0v) is 17.4. The Morgan fingerprint density at radius 2 is 2.10 bits per heavy atom. The van der Waals surface area contributed by atoms with Crippen molar-refractivity contribution in [2.45, 2.75) is 58.4 Å². The van der Waals surface area contributed by atoms with Crippen LogP contribution in [-0.4, -0.2) is 43.1 Å². The van der Waals surface area contributed by atoms with E-state index in [-0.39, 0.29) is 5.91 Å². The third-order valence-corrected chi connectivity index (χ3v) is 6.09. The summed E-state index contributed by atoms with van der Waals surface area (Å²) < 4.78 is 11.4. The van der Waals surface area contributed by atoms with Crippen LogP contribution in [-0.2, 0) is 11.2 Å². The van der Waals surface area contributed by atoms with E-state index in [1.54, 1.807) is 11.0 Å². The molecule has 2 aliphatic heterocycles. The number of nitrogens with zero attached hydrogens (tertiary/aromatic N) is 2. The second-order valence-electron chi connectivity index (χ2n) is 8.19. The van der Waals surface area contributed by atoms with Crippen LogP contribution in [0.1, 0.15) is 51.5 Å². The zero-order valence-electron chi connectivity index (χ0n) is 17.4. The molecule has 0 N–H and O–H groups in total. The van der Waals surface area contributed by atoms with E-state index in [1.165, 1.54) is 6.42 Å². The highest BCUT2D eigenvalue weighted by molar-refractivity contribution is 5.98. The van der Waals surface area contributed by atoms with Gasteiger partial charge in [-0.3, -0.25) is 9.69 Å². The van der Waals surface area contributed by atoms with Gasteiger partial charge in [-0.25, -0.2) is 4.79 Å². The molecule has 3 heterocycles. The lowest BCUT2D eigenvalue weighted by Crippen LogP contribution is -2.48. The second kappa shape index (κ2) is 8.57. The van der Waals surface area contributed by atoms with Crippen molar-refractivity contribution in [3.05, 3.63) is 34.2 Å². The van der Waals surface area contributed by atoms with Gasteiger partial charge in [-0.15, -0.1) is 0 Å². The van der Waals surface area contributed by atoms with Gasteiger partial charge >= 0.3 is 5.63 Å². The first-order valence-electron chi connectivity index (χ1n) is 10.9. The van der Waals surface area contributed by atoms with Crippen LogP contribution in [0.2, 0.25) is 0 Å². The van der Waals surface area contributed by atoms with Crippen LogP contribution >= 0.6 is 0 Å². The van der Waals surface area contributed by atoms with Gasteiger partial charge in [0.15, 0.2) is 0 Å². The van der Waals surface area contributed by atoms with Crippen LogP contribution in [0.4, 0.5) is 5.69 Å². The minimum atomic E-state index is -0.422. The standard InChI is InChI=1S/C23H30N2O4/c1-3-13-28-17-9-10-20-19(14-17)18-8-6-12-25(22(18)23(27)29-20)21(26)15-24-11-5-4-7-16(24)2/h9-10,14,16H,3-8,11-13,15H2,1-2H3/t16-/m0/s1. The SMILES string of the molecule is CCCOc1ccc2oc(=O)c3c(c2c1)CCCN3C(=O)CN1CCCC[C@@H]1C. The summed E-state index contributed by atoms with van der Waals surface area (Å²) >= 11 is 0. The molecule has 0 saturated carbocycles. The first kappa shape index (κ1) is 20.0. The minimum absolute atomic E-state index is 0.00950. The van der Waals surface area contributed by atoms with Crippen molar-refractivity contribution < 1.29 is 13.9 Å². The number of carbonyl (C=O) groups excluding carboxylic acids is 1. The van der Waals surface area contributed by atoms with Crippen molar-refractivity contribution in [2.75, 3.05) is 31.1 Å². The summed E-state index contributed by atoms with van der Waals surface area (Å²) in [5.74, 6) is 0.755. The highest BCUT2D eigenvalue weighted by Crippen LogP contribution is 2.33. The van der Waals surface area contributed by atoms with E-state index >= 15 is 0 Å². The molecule has 1 saturated heterocycles. The Bertz CT molecular complexity index is 952. The van der Waals surface area contributed by atoms with E-state index in [2.05, 4.69) is 18.7 Å². The predicted molar refractivity (Wildman–Crippen MR) is 114 cm³/mol. The molecule has 1 aromatic carbocycles. The lowest BCUT2D eigenvalue weighted by atomic mass is 9.98. The molecular formula is C23H30N2O4. The van der Waals surface area contributed by atoms with Crippen LogP contribution in [0.15, 0.2) is 27.4 Å². The maximum atomic E-state index is 13.2. The Hall–Kier alpha value is -2.34. The summed E-state index contributed by atoms with van der Waals surface area (Å²) in [6.07, 6.45) is 6.00. The van der Waals surface area contributed by atoms with Crippen molar-refractivity contribution in [3.8, 4) is 5.75 Å². The Morgan fingerprint density at radius 1 is 1.24 bits per heavy atom. The van der Waals surface area contributed by atoms with Gasteiger partial charge < -0.3 is 14.1 Å². The molecule has 2 aromatic rings. The number of rotatable bonds is 5. The monoisotopic (exact) mass is 398 g/mol. The number of anilines is 1. The number of hydrogen-bond donors (Lipinski definition) is 0. The van der Waals surface area contributed by atoms with Crippen molar-refractivity contribution >= 4 is 22.6 Å². The molecule has 0 unspecified atom stereocenters. The summed E-state index contributed by atoms with van der Waals surface area (Å²) in [6.45, 7) is 6.75. The van der Waals surface area contributed by atoms with Crippen LogP contribution < -0.4 is 15.3 Å². The quantitative estimate of drug-likeness (QED) is 0.718. The van der Waals surface area contributed by atoms with Gasteiger partial charge in [0.2, 0.25) is 5.91 Å². The molecular weight excluding hydrogens is 368 g/mol. The molecule has 0 radical (unpaired) electrons. The third-order valence-electron chi connectivity index (χ3n) is 6.09. The second-order valence-corrected chi connectivity index (χ2v) is 8.19. The molecule has 1 fully saturated rings. The highest BCUT2D eigenvalue weighted by atomic mass is 16.5. The van der Waals surface area contributed by atoms with Crippen molar-refractivity contribution in [3.63, 3.8) is 0 Å². The van der Waals surface area contributed by atoms with Gasteiger partial charge in [0.05, 0.1) is 13.2 Å². The van der Waals surface area contributed by atoms with E-state index in [1.807, 2.05) is 12.1 Å². The lowest BCUT2D eigenvalue weighted by Gasteiger charge is -2.35. The van der Waals surface area contributed by atoms with Crippen LogP contribution in [0.5, 0.6) is 5.75 Å². The highest BCUT2D eigenvalue weighted by Gasteiger charge is 2.30. The predicted octanol–water partition coefficient (Wildman–Crippen LogP) is 3.74. The molecule has 6 heteroatoms. The van der Waals surface area contributed by atoms with E-state index in [0.717, 1.165) is 55.3 Å². The van der Waals surface area contributed by atoms with E-state index < -0.39 is 5.63 Å². The molecule has 29 heavy (non-hydrogen) atoms. The maximum absolute atomic E-state index is 13.2. The normalized spacial score (nSPS) is 19.9.